The third-order valence-corrected chi connectivity index (χ3v) is 3.66. The molecule has 1 N–H and O–H groups in total. The number of rotatable bonds is 6. The Hall–Kier alpha value is -2.83. The zero-order chi connectivity index (χ0) is 18.6. The predicted molar refractivity (Wildman–Crippen MR) is 95.3 cm³/mol. The Balaban J connectivity index is 2.64. The van der Waals surface area contributed by atoms with E-state index in [1.165, 1.54) is 17.8 Å². The Morgan fingerprint density at radius 2 is 1.88 bits per heavy atom. The minimum Gasteiger partial charge on any atom is -0.493 e. The van der Waals surface area contributed by atoms with Crippen molar-refractivity contribution in [3.63, 3.8) is 0 Å². The molecule has 25 heavy (non-hydrogen) atoms. The Kier molecular flexibility index (Phi) is 5.80. The molecule has 0 aliphatic rings. The van der Waals surface area contributed by atoms with Crippen LogP contribution in [-0.4, -0.2) is 37.0 Å². The van der Waals surface area contributed by atoms with Crippen LogP contribution >= 0.6 is 0 Å². The van der Waals surface area contributed by atoms with Gasteiger partial charge in [-0.25, -0.2) is 4.68 Å². The summed E-state index contributed by atoms with van der Waals surface area (Å²) in [6, 6.07) is 6.83. The van der Waals surface area contributed by atoms with Gasteiger partial charge in [0.05, 0.1) is 19.9 Å². The van der Waals surface area contributed by atoms with Gasteiger partial charge in [0.25, 0.3) is 11.5 Å². The highest BCUT2D eigenvalue weighted by atomic mass is 16.5. The van der Waals surface area contributed by atoms with Crippen molar-refractivity contribution in [3.8, 4) is 22.8 Å². The van der Waals surface area contributed by atoms with E-state index in [-0.39, 0.29) is 11.5 Å². The molecule has 7 heteroatoms. The largest absolute Gasteiger partial charge is 0.493 e. The summed E-state index contributed by atoms with van der Waals surface area (Å²) < 4.78 is 11.9. The molecule has 134 valence electrons. The van der Waals surface area contributed by atoms with Crippen LogP contribution < -0.4 is 20.3 Å². The molecule has 0 fully saturated rings. The van der Waals surface area contributed by atoms with Crippen molar-refractivity contribution in [2.45, 2.75) is 20.4 Å². The summed E-state index contributed by atoms with van der Waals surface area (Å²) in [7, 11) is 4.60. The number of amides is 1. The molecule has 0 bridgehead atoms. The van der Waals surface area contributed by atoms with Crippen LogP contribution in [-0.2, 0) is 6.54 Å². The SMILES string of the molecule is CNC(=O)c1cc(-c2ccc(OC)c(OC)c2)nn(CC(C)C)c1=O. The van der Waals surface area contributed by atoms with Gasteiger partial charge in [-0.15, -0.1) is 0 Å². The average Bonchev–Trinajstić information content (AvgIpc) is 2.61. The molecule has 1 heterocycles. The molecule has 0 saturated heterocycles. The molecule has 2 aromatic rings. The van der Waals surface area contributed by atoms with Crippen molar-refractivity contribution < 1.29 is 14.3 Å². The maximum Gasteiger partial charge on any atom is 0.279 e. The third kappa shape index (κ3) is 3.99. The number of hydrogen-bond acceptors (Lipinski definition) is 5. The van der Waals surface area contributed by atoms with Crippen molar-refractivity contribution in [2.75, 3.05) is 21.3 Å². The fourth-order valence-electron chi connectivity index (χ4n) is 2.45. The van der Waals surface area contributed by atoms with Gasteiger partial charge in [0.1, 0.15) is 5.56 Å². The standard InChI is InChI=1S/C18H23N3O4/c1-11(2)10-21-18(23)13(17(22)19-3)9-14(20-21)12-6-7-15(24-4)16(8-12)25-5/h6-9,11H,10H2,1-5H3,(H,19,22). The van der Waals surface area contributed by atoms with Crippen LogP contribution in [0.4, 0.5) is 0 Å². The summed E-state index contributed by atoms with van der Waals surface area (Å²) in [5.41, 5.74) is 0.889. The van der Waals surface area contributed by atoms with Gasteiger partial charge in [0.15, 0.2) is 11.5 Å². The molecule has 0 saturated carbocycles. The molecular weight excluding hydrogens is 322 g/mol. The number of nitrogens with one attached hydrogen (secondary N) is 1. The lowest BCUT2D eigenvalue weighted by Crippen LogP contribution is -2.34. The predicted octanol–water partition coefficient (Wildman–Crippen LogP) is 1.94. The molecule has 0 spiro atoms. The first-order valence-electron chi connectivity index (χ1n) is 7.97. The molecule has 0 atom stereocenters. The zero-order valence-electron chi connectivity index (χ0n) is 15.1. The Morgan fingerprint density at radius 1 is 1.20 bits per heavy atom. The zero-order valence-corrected chi connectivity index (χ0v) is 15.1. The first-order chi connectivity index (χ1) is 11.9. The first kappa shape index (κ1) is 18.5. The van der Waals surface area contributed by atoms with E-state index in [2.05, 4.69) is 10.4 Å². The van der Waals surface area contributed by atoms with Crippen LogP contribution in [0.1, 0.15) is 24.2 Å². The average molecular weight is 345 g/mol. The lowest BCUT2D eigenvalue weighted by atomic mass is 10.1. The quantitative estimate of drug-likeness (QED) is 0.865. The second kappa shape index (κ2) is 7.83. The van der Waals surface area contributed by atoms with Crippen molar-refractivity contribution in [1.82, 2.24) is 15.1 Å². The molecule has 7 nitrogen and oxygen atoms in total. The minimum atomic E-state index is -0.438. The van der Waals surface area contributed by atoms with Crippen molar-refractivity contribution in [3.05, 3.63) is 40.2 Å². The molecule has 0 aliphatic heterocycles. The number of methoxy groups -OCH3 is 2. The Morgan fingerprint density at radius 3 is 2.44 bits per heavy atom. The maximum atomic E-state index is 12.5. The summed E-state index contributed by atoms with van der Waals surface area (Å²) in [5, 5.41) is 6.92. The van der Waals surface area contributed by atoms with Gasteiger partial charge in [-0.1, -0.05) is 13.8 Å². The van der Waals surface area contributed by atoms with Crippen molar-refractivity contribution in [1.29, 1.82) is 0 Å². The smallest absolute Gasteiger partial charge is 0.279 e. The van der Waals surface area contributed by atoms with Gasteiger partial charge in [-0.3, -0.25) is 9.59 Å². The molecule has 0 aliphatic carbocycles. The summed E-state index contributed by atoms with van der Waals surface area (Å²) in [6.07, 6.45) is 0. The fourth-order valence-corrected chi connectivity index (χ4v) is 2.45. The molecule has 2 rings (SSSR count). The van der Waals surface area contributed by atoms with Gasteiger partial charge in [0.2, 0.25) is 0 Å². The van der Waals surface area contributed by atoms with Gasteiger partial charge in [0, 0.05) is 19.2 Å². The first-order valence-corrected chi connectivity index (χ1v) is 7.97. The van der Waals surface area contributed by atoms with Crippen LogP contribution in [0.3, 0.4) is 0 Å². The number of nitrogens with zero attached hydrogens (tertiary/aromatic N) is 2. The highest BCUT2D eigenvalue weighted by Gasteiger charge is 2.17. The normalized spacial score (nSPS) is 10.6. The molecule has 1 aromatic carbocycles. The van der Waals surface area contributed by atoms with E-state index in [4.69, 9.17) is 9.47 Å². The number of hydrogen-bond donors (Lipinski definition) is 1. The van der Waals surface area contributed by atoms with E-state index >= 15 is 0 Å². The number of ether oxygens (including phenoxy) is 2. The number of aromatic nitrogens is 2. The summed E-state index contributed by atoms with van der Waals surface area (Å²) in [6.45, 7) is 4.39. The molecule has 1 amide bonds. The van der Waals surface area contributed by atoms with Gasteiger partial charge in [-0.05, 0) is 30.2 Å². The van der Waals surface area contributed by atoms with E-state index < -0.39 is 11.5 Å². The number of benzene rings is 1. The van der Waals surface area contributed by atoms with Crippen LogP contribution in [0.25, 0.3) is 11.3 Å². The lowest BCUT2D eigenvalue weighted by molar-refractivity contribution is 0.0960. The molecule has 0 radical (unpaired) electrons. The van der Waals surface area contributed by atoms with Crippen molar-refractivity contribution >= 4 is 5.91 Å². The molecule has 1 aromatic heterocycles. The highest BCUT2D eigenvalue weighted by Crippen LogP contribution is 2.31. The second-order valence-corrected chi connectivity index (χ2v) is 5.97. The van der Waals surface area contributed by atoms with E-state index in [0.29, 0.717) is 23.7 Å². The van der Waals surface area contributed by atoms with Crippen LogP contribution in [0.5, 0.6) is 11.5 Å². The molecular formula is C18H23N3O4. The molecule has 0 unspecified atom stereocenters. The summed E-state index contributed by atoms with van der Waals surface area (Å²) in [4.78, 5) is 24.6. The number of carbonyl (C=O) groups excluding carboxylic acids is 1. The Labute approximate surface area is 146 Å². The number of carbonyl (C=O) groups is 1. The summed E-state index contributed by atoms with van der Waals surface area (Å²) >= 11 is 0. The van der Waals surface area contributed by atoms with Crippen LogP contribution in [0.2, 0.25) is 0 Å². The monoisotopic (exact) mass is 345 g/mol. The van der Waals surface area contributed by atoms with E-state index in [1.807, 2.05) is 19.9 Å². The maximum absolute atomic E-state index is 12.5. The van der Waals surface area contributed by atoms with Crippen LogP contribution in [0, 0.1) is 5.92 Å². The van der Waals surface area contributed by atoms with Crippen LogP contribution in [0.15, 0.2) is 29.1 Å². The van der Waals surface area contributed by atoms with E-state index in [0.717, 1.165) is 5.56 Å². The third-order valence-electron chi connectivity index (χ3n) is 3.66. The van der Waals surface area contributed by atoms with Gasteiger partial charge >= 0.3 is 0 Å². The lowest BCUT2D eigenvalue weighted by Gasteiger charge is -2.13. The summed E-state index contributed by atoms with van der Waals surface area (Å²) in [5.74, 6) is 0.910. The Bertz CT molecular complexity index is 828. The van der Waals surface area contributed by atoms with Gasteiger partial charge < -0.3 is 14.8 Å². The highest BCUT2D eigenvalue weighted by molar-refractivity contribution is 5.94. The van der Waals surface area contributed by atoms with Gasteiger partial charge in [-0.2, -0.15) is 5.10 Å². The topological polar surface area (TPSA) is 82.4 Å². The van der Waals surface area contributed by atoms with Crippen molar-refractivity contribution in [2.24, 2.45) is 5.92 Å². The second-order valence-electron chi connectivity index (χ2n) is 5.97. The minimum absolute atomic E-state index is 0.0583. The fraction of sp³-hybridized carbons (Fsp3) is 0.389. The van der Waals surface area contributed by atoms with E-state index in [9.17, 15) is 9.59 Å². The van der Waals surface area contributed by atoms with E-state index in [1.54, 1.807) is 26.4 Å².